The Hall–Kier alpha value is -1.99. The zero-order valence-electron chi connectivity index (χ0n) is 19.5. The molecule has 2 aromatic rings. The number of nitrogens with one attached hydrogen (secondary N) is 1. The molecule has 34 heavy (non-hydrogen) atoms. The van der Waals surface area contributed by atoms with Crippen molar-refractivity contribution >= 4 is 17.5 Å². The third-order valence-corrected chi connectivity index (χ3v) is 7.18. The predicted octanol–water partition coefficient (Wildman–Crippen LogP) is 4.40. The number of carbonyl (C=O) groups is 1. The lowest BCUT2D eigenvalue weighted by Gasteiger charge is -2.45. The SMILES string of the molecule is C.COCC[C@H]1CN(C(c2ccc(Cl)cc2)c2ccccn2)CCN1C(=O)CC1CCNCC1. The quantitative estimate of drug-likeness (QED) is 0.599. The van der Waals surface area contributed by atoms with E-state index >= 15 is 0 Å². The summed E-state index contributed by atoms with van der Waals surface area (Å²) in [4.78, 5) is 22.6. The topological polar surface area (TPSA) is 57.7 Å². The predicted molar refractivity (Wildman–Crippen MR) is 138 cm³/mol. The Labute approximate surface area is 209 Å². The van der Waals surface area contributed by atoms with E-state index in [1.165, 1.54) is 0 Å². The van der Waals surface area contributed by atoms with Crippen LogP contribution in [0.25, 0.3) is 0 Å². The van der Waals surface area contributed by atoms with Crippen LogP contribution in [0.4, 0.5) is 0 Å². The third kappa shape index (κ3) is 6.79. The summed E-state index contributed by atoms with van der Waals surface area (Å²) < 4.78 is 5.41. The van der Waals surface area contributed by atoms with E-state index in [1.807, 2.05) is 30.5 Å². The number of piperazine rings is 1. The molecule has 0 bridgehead atoms. The molecule has 0 saturated carbocycles. The number of amides is 1. The minimum absolute atomic E-state index is 0. The largest absolute Gasteiger partial charge is 0.385 e. The number of pyridine rings is 1. The van der Waals surface area contributed by atoms with Crippen LogP contribution in [0.15, 0.2) is 48.7 Å². The molecule has 2 atom stereocenters. The minimum Gasteiger partial charge on any atom is -0.385 e. The highest BCUT2D eigenvalue weighted by atomic mass is 35.5. The van der Waals surface area contributed by atoms with Gasteiger partial charge >= 0.3 is 0 Å². The average molecular weight is 487 g/mol. The summed E-state index contributed by atoms with van der Waals surface area (Å²) in [5.74, 6) is 0.790. The van der Waals surface area contributed by atoms with Crippen LogP contribution in [0.2, 0.25) is 5.02 Å². The zero-order chi connectivity index (χ0) is 23.0. The van der Waals surface area contributed by atoms with Crippen molar-refractivity contribution in [1.82, 2.24) is 20.1 Å². The van der Waals surface area contributed by atoms with Gasteiger partial charge in [0.25, 0.3) is 0 Å². The molecule has 0 aliphatic carbocycles. The molecule has 7 heteroatoms. The normalized spacial score (nSPS) is 20.5. The fourth-order valence-electron chi connectivity index (χ4n) is 5.14. The summed E-state index contributed by atoms with van der Waals surface area (Å²) in [5.41, 5.74) is 2.18. The molecule has 2 aliphatic heterocycles. The highest BCUT2D eigenvalue weighted by Gasteiger charge is 2.35. The van der Waals surface area contributed by atoms with Gasteiger partial charge in [0.2, 0.25) is 5.91 Å². The monoisotopic (exact) mass is 486 g/mol. The van der Waals surface area contributed by atoms with Crippen LogP contribution >= 0.6 is 11.6 Å². The molecule has 3 heterocycles. The second kappa shape index (κ2) is 13.2. The van der Waals surface area contributed by atoms with Crippen LogP contribution in [0.1, 0.15) is 50.4 Å². The maximum atomic E-state index is 13.3. The molecular formula is C27H39ClN4O2. The van der Waals surface area contributed by atoms with Gasteiger partial charge in [0.15, 0.2) is 0 Å². The Bertz CT molecular complexity index is 874. The maximum Gasteiger partial charge on any atom is 0.223 e. The van der Waals surface area contributed by atoms with E-state index in [-0.39, 0.29) is 19.5 Å². The van der Waals surface area contributed by atoms with E-state index in [0.29, 0.717) is 24.9 Å². The summed E-state index contributed by atoms with van der Waals surface area (Å²) >= 11 is 6.17. The molecule has 0 spiro atoms. The lowest BCUT2D eigenvalue weighted by Crippen LogP contribution is -2.56. The summed E-state index contributed by atoms with van der Waals surface area (Å²) in [6.45, 7) is 5.02. The van der Waals surface area contributed by atoms with E-state index < -0.39 is 0 Å². The van der Waals surface area contributed by atoms with E-state index in [4.69, 9.17) is 16.3 Å². The first-order chi connectivity index (χ1) is 16.2. The van der Waals surface area contributed by atoms with Crippen molar-refractivity contribution in [3.8, 4) is 0 Å². The van der Waals surface area contributed by atoms with Gasteiger partial charge in [-0.05, 0) is 68.1 Å². The molecule has 2 fully saturated rings. The fraction of sp³-hybridized carbons (Fsp3) is 0.556. The van der Waals surface area contributed by atoms with Crippen LogP contribution < -0.4 is 5.32 Å². The highest BCUT2D eigenvalue weighted by Crippen LogP contribution is 2.31. The van der Waals surface area contributed by atoms with Crippen molar-refractivity contribution in [2.45, 2.75) is 45.2 Å². The van der Waals surface area contributed by atoms with Crippen LogP contribution in [0, 0.1) is 5.92 Å². The number of aromatic nitrogens is 1. The van der Waals surface area contributed by atoms with Crippen molar-refractivity contribution in [3.63, 3.8) is 0 Å². The van der Waals surface area contributed by atoms with Gasteiger partial charge in [-0.1, -0.05) is 37.2 Å². The van der Waals surface area contributed by atoms with E-state index in [1.54, 1.807) is 7.11 Å². The Morgan fingerprint density at radius 1 is 1.18 bits per heavy atom. The molecule has 1 N–H and O–H groups in total. The van der Waals surface area contributed by atoms with Gasteiger partial charge in [0.05, 0.1) is 11.7 Å². The number of carbonyl (C=O) groups excluding carboxylic acids is 1. The van der Waals surface area contributed by atoms with Crippen LogP contribution in [-0.2, 0) is 9.53 Å². The first-order valence-corrected chi connectivity index (χ1v) is 12.4. The number of methoxy groups -OCH3 is 1. The van der Waals surface area contributed by atoms with Crippen LogP contribution in [0.5, 0.6) is 0 Å². The Morgan fingerprint density at radius 2 is 1.94 bits per heavy atom. The van der Waals surface area contributed by atoms with Gasteiger partial charge in [-0.25, -0.2) is 0 Å². The number of halogens is 1. The Balaban J connectivity index is 0.00000324. The molecule has 2 saturated heterocycles. The standard InChI is InChI=1S/C26H35ClN4O2.CH4/c1-33-17-11-23-19-30(15-16-31(23)25(32)18-20-9-13-28-14-10-20)26(24-4-2-3-12-29-24)21-5-7-22(27)8-6-21;/h2-8,12,20,23,26,28H,9-11,13-19H2,1H3;1H4/t23-,26?;/m0./s1. The van der Waals surface area contributed by atoms with Crippen molar-refractivity contribution in [2.24, 2.45) is 5.92 Å². The molecule has 4 rings (SSSR count). The van der Waals surface area contributed by atoms with E-state index in [0.717, 1.165) is 68.3 Å². The fourth-order valence-corrected chi connectivity index (χ4v) is 5.27. The summed E-state index contributed by atoms with van der Waals surface area (Å²) in [6, 6.07) is 14.3. The number of hydrogen-bond donors (Lipinski definition) is 1. The first-order valence-electron chi connectivity index (χ1n) is 12.0. The third-order valence-electron chi connectivity index (χ3n) is 6.93. The van der Waals surface area contributed by atoms with E-state index in [9.17, 15) is 4.79 Å². The lowest BCUT2D eigenvalue weighted by molar-refractivity contribution is -0.138. The number of piperidine rings is 1. The number of nitrogens with zero attached hydrogens (tertiary/aromatic N) is 3. The molecule has 0 radical (unpaired) electrons. The van der Waals surface area contributed by atoms with Crippen molar-refractivity contribution in [1.29, 1.82) is 0 Å². The smallest absolute Gasteiger partial charge is 0.223 e. The average Bonchev–Trinajstić information content (AvgIpc) is 2.85. The van der Waals surface area contributed by atoms with Crippen LogP contribution in [-0.4, -0.2) is 73.2 Å². The van der Waals surface area contributed by atoms with Crippen LogP contribution in [0.3, 0.4) is 0 Å². The van der Waals surface area contributed by atoms with E-state index in [2.05, 4.69) is 38.3 Å². The highest BCUT2D eigenvalue weighted by molar-refractivity contribution is 6.30. The van der Waals surface area contributed by atoms with Gasteiger partial charge in [0, 0.05) is 57.0 Å². The Kier molecular flexibility index (Phi) is 10.3. The Morgan fingerprint density at radius 3 is 2.62 bits per heavy atom. The van der Waals surface area contributed by atoms with Crippen molar-refractivity contribution in [2.75, 3.05) is 46.4 Å². The number of hydrogen-bond acceptors (Lipinski definition) is 5. The number of benzene rings is 1. The maximum absolute atomic E-state index is 13.3. The molecule has 1 unspecified atom stereocenters. The summed E-state index contributed by atoms with van der Waals surface area (Å²) in [6.07, 6.45) is 5.52. The summed E-state index contributed by atoms with van der Waals surface area (Å²) in [5, 5.41) is 4.12. The number of rotatable bonds is 8. The molecular weight excluding hydrogens is 448 g/mol. The first kappa shape index (κ1) is 26.6. The van der Waals surface area contributed by atoms with Gasteiger partial charge in [-0.3, -0.25) is 14.7 Å². The van der Waals surface area contributed by atoms with Crippen molar-refractivity contribution < 1.29 is 9.53 Å². The second-order valence-corrected chi connectivity index (χ2v) is 9.56. The molecule has 1 aromatic carbocycles. The lowest BCUT2D eigenvalue weighted by atomic mass is 9.93. The molecule has 6 nitrogen and oxygen atoms in total. The molecule has 1 amide bonds. The summed E-state index contributed by atoms with van der Waals surface area (Å²) in [7, 11) is 1.73. The van der Waals surface area contributed by atoms with Gasteiger partial charge in [0.1, 0.15) is 0 Å². The second-order valence-electron chi connectivity index (χ2n) is 9.12. The van der Waals surface area contributed by atoms with Gasteiger partial charge in [-0.2, -0.15) is 0 Å². The van der Waals surface area contributed by atoms with Gasteiger partial charge < -0.3 is 15.0 Å². The number of ether oxygens (including phenoxy) is 1. The molecule has 2 aliphatic rings. The molecule has 186 valence electrons. The minimum atomic E-state index is 0. The zero-order valence-corrected chi connectivity index (χ0v) is 20.2. The molecule has 1 aromatic heterocycles. The van der Waals surface area contributed by atoms with Gasteiger partial charge in [-0.15, -0.1) is 0 Å². The van der Waals surface area contributed by atoms with Crippen molar-refractivity contribution in [3.05, 3.63) is 64.9 Å².